The zero-order chi connectivity index (χ0) is 22.3. The highest BCUT2D eigenvalue weighted by Gasteiger charge is 2.51. The smallest absolute Gasteiger partial charge is 0.325 e. The van der Waals surface area contributed by atoms with Crippen molar-refractivity contribution >= 4 is 23.3 Å². The molecule has 2 heterocycles. The molecule has 0 radical (unpaired) electrons. The van der Waals surface area contributed by atoms with Crippen molar-refractivity contribution < 1.29 is 22.8 Å². The number of hydrogen-bond acceptors (Lipinski definition) is 5. The van der Waals surface area contributed by atoms with E-state index in [1.807, 2.05) is 13.8 Å². The SMILES string of the molecule is CC(C)C1=NNC2C(=O)N(CC(=O)Nc3cccc(C(F)(F)F)c3)C3CCCCC3N12. The van der Waals surface area contributed by atoms with E-state index in [0.717, 1.165) is 43.7 Å². The summed E-state index contributed by atoms with van der Waals surface area (Å²) in [6.07, 6.45) is -1.47. The van der Waals surface area contributed by atoms with Gasteiger partial charge in [0.05, 0.1) is 17.6 Å². The van der Waals surface area contributed by atoms with Gasteiger partial charge in [0.2, 0.25) is 5.91 Å². The molecule has 10 heteroatoms. The number of carbonyl (C=O) groups excluding carboxylic acids is 2. The Kier molecular flexibility index (Phi) is 5.57. The summed E-state index contributed by atoms with van der Waals surface area (Å²) in [5, 5.41) is 6.88. The lowest BCUT2D eigenvalue weighted by Gasteiger charge is -2.51. The Morgan fingerprint density at radius 1 is 1.26 bits per heavy atom. The summed E-state index contributed by atoms with van der Waals surface area (Å²) in [5.74, 6) is 0.252. The Morgan fingerprint density at radius 3 is 2.65 bits per heavy atom. The molecule has 1 saturated heterocycles. The summed E-state index contributed by atoms with van der Waals surface area (Å²) < 4.78 is 38.8. The van der Waals surface area contributed by atoms with Crippen LogP contribution in [-0.4, -0.2) is 52.2 Å². The maximum absolute atomic E-state index is 13.2. The number of alkyl halides is 3. The van der Waals surface area contributed by atoms with Gasteiger partial charge < -0.3 is 15.1 Å². The molecular formula is C21H26F3N5O2. The Bertz CT molecular complexity index is 901. The van der Waals surface area contributed by atoms with Gasteiger partial charge in [0.15, 0.2) is 6.17 Å². The van der Waals surface area contributed by atoms with E-state index < -0.39 is 23.8 Å². The van der Waals surface area contributed by atoms with Crippen LogP contribution in [0.5, 0.6) is 0 Å². The van der Waals surface area contributed by atoms with E-state index in [2.05, 4.69) is 20.7 Å². The van der Waals surface area contributed by atoms with E-state index >= 15 is 0 Å². The minimum Gasteiger partial charge on any atom is -0.325 e. The van der Waals surface area contributed by atoms with Crippen molar-refractivity contribution in [2.45, 2.75) is 64.0 Å². The molecule has 1 saturated carbocycles. The van der Waals surface area contributed by atoms with E-state index in [-0.39, 0.29) is 36.1 Å². The average molecular weight is 437 g/mol. The maximum Gasteiger partial charge on any atom is 0.416 e. The first-order chi connectivity index (χ1) is 14.7. The van der Waals surface area contributed by atoms with Crippen LogP contribution in [0.25, 0.3) is 0 Å². The van der Waals surface area contributed by atoms with Crippen LogP contribution in [-0.2, 0) is 15.8 Å². The number of hydrazone groups is 1. The zero-order valence-corrected chi connectivity index (χ0v) is 17.4. The third-order valence-corrected chi connectivity index (χ3v) is 6.12. The third-order valence-electron chi connectivity index (χ3n) is 6.12. The van der Waals surface area contributed by atoms with Crippen LogP contribution < -0.4 is 10.7 Å². The van der Waals surface area contributed by atoms with E-state index in [0.29, 0.717) is 0 Å². The minimum atomic E-state index is -4.50. The Balaban J connectivity index is 1.51. The number of amides is 2. The second-order valence-corrected chi connectivity index (χ2v) is 8.58. The molecule has 2 N–H and O–H groups in total. The molecular weight excluding hydrogens is 411 g/mol. The average Bonchev–Trinajstić information content (AvgIpc) is 3.16. The van der Waals surface area contributed by atoms with Crippen molar-refractivity contribution in [3.8, 4) is 0 Å². The lowest BCUT2D eigenvalue weighted by Crippen LogP contribution is -2.70. The van der Waals surface area contributed by atoms with Gasteiger partial charge in [-0.15, -0.1) is 0 Å². The van der Waals surface area contributed by atoms with E-state index in [9.17, 15) is 22.8 Å². The molecule has 0 spiro atoms. The molecule has 7 nitrogen and oxygen atoms in total. The number of anilines is 1. The zero-order valence-electron chi connectivity index (χ0n) is 17.4. The minimum absolute atomic E-state index is 0.0514. The standard InChI is InChI=1S/C21H26F3N5O2/c1-12(2)18-26-27-19-20(31)28(15-8-3-4-9-16(15)29(18)19)11-17(30)25-14-7-5-6-13(10-14)21(22,23)24/h5-7,10,12,15-16,19,27H,3-4,8-9,11H2,1-2H3,(H,25,30). The van der Waals surface area contributed by atoms with Gasteiger partial charge in [-0.1, -0.05) is 32.8 Å². The number of halogens is 3. The number of hydrogen-bond donors (Lipinski definition) is 2. The monoisotopic (exact) mass is 437 g/mol. The second-order valence-electron chi connectivity index (χ2n) is 8.58. The van der Waals surface area contributed by atoms with Crippen LogP contribution in [0, 0.1) is 5.92 Å². The van der Waals surface area contributed by atoms with Gasteiger partial charge in [0.1, 0.15) is 12.4 Å². The predicted molar refractivity (Wildman–Crippen MR) is 109 cm³/mol. The first kappa shape index (κ1) is 21.5. The summed E-state index contributed by atoms with van der Waals surface area (Å²) in [4.78, 5) is 29.5. The highest BCUT2D eigenvalue weighted by Crippen LogP contribution is 2.36. The van der Waals surface area contributed by atoms with Crippen LogP contribution in [0.4, 0.5) is 18.9 Å². The normalized spacial score (nSPS) is 25.7. The van der Waals surface area contributed by atoms with E-state index in [4.69, 9.17) is 0 Å². The third kappa shape index (κ3) is 4.07. The van der Waals surface area contributed by atoms with Crippen LogP contribution in [0.2, 0.25) is 0 Å². The summed E-state index contributed by atoms with van der Waals surface area (Å²) in [6, 6.07) is 4.41. The molecule has 3 aliphatic rings. The quantitative estimate of drug-likeness (QED) is 0.759. The largest absolute Gasteiger partial charge is 0.416 e. The molecule has 0 bridgehead atoms. The molecule has 0 aromatic heterocycles. The summed E-state index contributed by atoms with van der Waals surface area (Å²) in [6.45, 7) is 3.85. The van der Waals surface area contributed by atoms with Gasteiger partial charge in [0, 0.05) is 11.6 Å². The van der Waals surface area contributed by atoms with Crippen molar-refractivity contribution in [2.75, 3.05) is 11.9 Å². The molecule has 2 fully saturated rings. The number of rotatable bonds is 4. The first-order valence-electron chi connectivity index (χ1n) is 10.6. The number of nitrogens with one attached hydrogen (secondary N) is 2. The molecule has 31 heavy (non-hydrogen) atoms. The van der Waals surface area contributed by atoms with Gasteiger partial charge in [-0.25, -0.2) is 0 Å². The highest BCUT2D eigenvalue weighted by molar-refractivity contribution is 5.98. The predicted octanol–water partition coefficient (Wildman–Crippen LogP) is 3.00. The lowest BCUT2D eigenvalue weighted by atomic mass is 9.85. The number of piperazine rings is 1. The Labute approximate surface area is 178 Å². The maximum atomic E-state index is 13.2. The molecule has 168 valence electrons. The molecule has 1 aromatic carbocycles. The topological polar surface area (TPSA) is 77.0 Å². The summed E-state index contributed by atoms with van der Waals surface area (Å²) >= 11 is 0. The number of nitrogens with zero attached hydrogens (tertiary/aromatic N) is 3. The Hall–Kier alpha value is -2.78. The van der Waals surface area contributed by atoms with Crippen molar-refractivity contribution in [1.29, 1.82) is 0 Å². The van der Waals surface area contributed by atoms with Gasteiger partial charge in [-0.05, 0) is 31.0 Å². The van der Waals surface area contributed by atoms with Gasteiger partial charge >= 0.3 is 6.18 Å². The number of amidine groups is 1. The van der Waals surface area contributed by atoms with Crippen molar-refractivity contribution in [3.63, 3.8) is 0 Å². The Morgan fingerprint density at radius 2 is 1.97 bits per heavy atom. The fourth-order valence-electron chi connectivity index (χ4n) is 4.77. The molecule has 3 unspecified atom stereocenters. The van der Waals surface area contributed by atoms with Gasteiger partial charge in [0.25, 0.3) is 5.91 Å². The number of carbonyl (C=O) groups is 2. The number of benzene rings is 1. The molecule has 1 aliphatic carbocycles. The first-order valence-corrected chi connectivity index (χ1v) is 10.6. The van der Waals surface area contributed by atoms with Crippen LogP contribution in [0.1, 0.15) is 45.1 Å². The van der Waals surface area contributed by atoms with Crippen molar-refractivity contribution in [2.24, 2.45) is 11.0 Å². The molecule has 1 aromatic rings. The highest BCUT2D eigenvalue weighted by atomic mass is 19.4. The van der Waals surface area contributed by atoms with Crippen LogP contribution >= 0.6 is 0 Å². The van der Waals surface area contributed by atoms with Crippen LogP contribution in [0.3, 0.4) is 0 Å². The molecule has 4 rings (SSSR count). The molecule has 2 amide bonds. The summed E-state index contributed by atoms with van der Waals surface area (Å²) in [7, 11) is 0. The van der Waals surface area contributed by atoms with Crippen molar-refractivity contribution in [3.05, 3.63) is 29.8 Å². The lowest BCUT2D eigenvalue weighted by molar-refractivity contribution is -0.151. The van der Waals surface area contributed by atoms with E-state index in [1.165, 1.54) is 12.1 Å². The van der Waals surface area contributed by atoms with Gasteiger partial charge in [-0.2, -0.15) is 18.3 Å². The van der Waals surface area contributed by atoms with E-state index in [1.54, 1.807) is 4.90 Å². The fourth-order valence-corrected chi connectivity index (χ4v) is 4.77. The van der Waals surface area contributed by atoms with Gasteiger partial charge in [-0.3, -0.25) is 15.0 Å². The molecule has 2 aliphatic heterocycles. The van der Waals surface area contributed by atoms with Crippen LogP contribution in [0.15, 0.2) is 29.4 Å². The number of fused-ring (bicyclic) bond motifs is 3. The fraction of sp³-hybridized carbons (Fsp3) is 0.571. The second kappa shape index (κ2) is 8.05. The van der Waals surface area contributed by atoms with Crippen molar-refractivity contribution in [1.82, 2.24) is 15.2 Å². The molecule has 3 atom stereocenters. The summed E-state index contributed by atoms with van der Waals surface area (Å²) in [5.41, 5.74) is 2.13.